The second-order valence-electron chi connectivity index (χ2n) is 8.92. The molecule has 1 aliphatic rings. The second-order valence-corrected chi connectivity index (χ2v) is 8.92. The maximum absolute atomic E-state index is 12.4. The van der Waals surface area contributed by atoms with Crippen LogP contribution in [0.5, 0.6) is 0 Å². The minimum absolute atomic E-state index is 0.00864. The molecule has 0 radical (unpaired) electrons. The first-order chi connectivity index (χ1) is 16.6. The lowest BCUT2D eigenvalue weighted by Crippen LogP contribution is -2.32. The Morgan fingerprint density at radius 1 is 1.26 bits per heavy atom. The summed E-state index contributed by atoms with van der Waals surface area (Å²) in [5, 5.41) is 20.5. The van der Waals surface area contributed by atoms with Crippen molar-refractivity contribution in [1.29, 1.82) is 0 Å². The van der Waals surface area contributed by atoms with Gasteiger partial charge in [0.25, 0.3) is 0 Å². The van der Waals surface area contributed by atoms with Crippen LogP contribution in [0.3, 0.4) is 0 Å². The Kier molecular flexibility index (Phi) is 14.4. The van der Waals surface area contributed by atoms with E-state index >= 15 is 0 Å². The minimum Gasteiger partial charge on any atom is -0.458 e. The van der Waals surface area contributed by atoms with E-state index in [1.807, 2.05) is 45.1 Å². The van der Waals surface area contributed by atoms with E-state index in [1.54, 1.807) is 12.2 Å². The van der Waals surface area contributed by atoms with Crippen LogP contribution < -0.4 is 5.73 Å². The maximum atomic E-state index is 12.4. The topological polar surface area (TPSA) is 119 Å². The molecule has 35 heavy (non-hydrogen) atoms. The summed E-state index contributed by atoms with van der Waals surface area (Å²) in [7, 11) is 0. The molecule has 4 N–H and O–H groups in total. The molecule has 0 aliphatic carbocycles. The van der Waals surface area contributed by atoms with Crippen LogP contribution in [-0.2, 0) is 14.3 Å². The van der Waals surface area contributed by atoms with E-state index in [2.05, 4.69) is 6.58 Å². The summed E-state index contributed by atoms with van der Waals surface area (Å²) >= 11 is 0. The highest BCUT2D eigenvalue weighted by molar-refractivity contribution is 5.82. The number of rotatable bonds is 4. The van der Waals surface area contributed by atoms with Crippen molar-refractivity contribution in [2.24, 2.45) is 11.7 Å². The van der Waals surface area contributed by atoms with Gasteiger partial charge in [0.1, 0.15) is 18.3 Å². The molecule has 1 aliphatic heterocycles. The third-order valence-corrected chi connectivity index (χ3v) is 5.66. The molecule has 1 heterocycles. The lowest BCUT2D eigenvalue weighted by molar-refractivity contribution is -0.144. The van der Waals surface area contributed by atoms with Crippen molar-refractivity contribution in [3.63, 3.8) is 0 Å². The maximum Gasteiger partial charge on any atom is 0.404 e. The molecule has 7 nitrogen and oxygen atoms in total. The van der Waals surface area contributed by atoms with Gasteiger partial charge in [0.05, 0.1) is 6.10 Å². The summed E-state index contributed by atoms with van der Waals surface area (Å²) in [5.74, 6) is -0.404. The fourth-order valence-corrected chi connectivity index (χ4v) is 3.62. The average Bonchev–Trinajstić information content (AvgIpc) is 2.79. The molecular formula is C28H41NO6. The first kappa shape index (κ1) is 30.1. The van der Waals surface area contributed by atoms with Crippen molar-refractivity contribution in [3.8, 4) is 0 Å². The summed E-state index contributed by atoms with van der Waals surface area (Å²) in [6.07, 6.45) is 14.8. The summed E-state index contributed by atoms with van der Waals surface area (Å²) in [4.78, 5) is 23.7. The van der Waals surface area contributed by atoms with E-state index in [4.69, 9.17) is 15.2 Å². The second kappa shape index (κ2) is 16.7. The fraction of sp³-hybridized carbons (Fsp3) is 0.500. The molecule has 0 aromatic heterocycles. The largest absolute Gasteiger partial charge is 0.458 e. The molecule has 0 fully saturated rings. The quantitative estimate of drug-likeness (QED) is 0.297. The summed E-state index contributed by atoms with van der Waals surface area (Å²) < 4.78 is 10.8. The van der Waals surface area contributed by atoms with Crippen LogP contribution >= 0.6 is 0 Å². The number of amides is 1. The number of cyclic esters (lactones) is 1. The third kappa shape index (κ3) is 13.5. The van der Waals surface area contributed by atoms with Gasteiger partial charge in [-0.25, -0.2) is 9.59 Å². The molecule has 0 aromatic carbocycles. The SMILES string of the molecule is C=C/C(C)=C/C(C)C1C/C(C)=C/C=C/CCC(OC(N)=O)C(O)/C=C/C(O)CCC/C=C/C(=O)O1. The number of carbonyl (C=O) groups is 2. The Hall–Kier alpha value is -2.90. The monoisotopic (exact) mass is 487 g/mol. The normalized spacial score (nSPS) is 31.1. The van der Waals surface area contributed by atoms with E-state index < -0.39 is 30.4 Å². The number of ether oxygens (including phenoxy) is 2. The van der Waals surface area contributed by atoms with Crippen LogP contribution in [0.1, 0.15) is 59.3 Å². The number of nitrogens with two attached hydrogens (primary N) is 1. The zero-order valence-corrected chi connectivity index (χ0v) is 21.1. The third-order valence-electron chi connectivity index (χ3n) is 5.66. The average molecular weight is 488 g/mol. The van der Waals surface area contributed by atoms with E-state index in [0.717, 1.165) is 11.1 Å². The van der Waals surface area contributed by atoms with Crippen molar-refractivity contribution in [3.05, 3.63) is 72.4 Å². The molecule has 5 unspecified atom stereocenters. The van der Waals surface area contributed by atoms with Crippen LogP contribution in [0.4, 0.5) is 4.79 Å². The van der Waals surface area contributed by atoms with Crippen LogP contribution in [0.2, 0.25) is 0 Å². The van der Waals surface area contributed by atoms with Gasteiger partial charge in [-0.1, -0.05) is 73.3 Å². The molecule has 0 saturated carbocycles. The fourth-order valence-electron chi connectivity index (χ4n) is 3.62. The highest BCUT2D eigenvalue weighted by Gasteiger charge is 2.21. The van der Waals surface area contributed by atoms with E-state index in [0.29, 0.717) is 38.5 Å². The lowest BCUT2D eigenvalue weighted by Gasteiger charge is -2.22. The van der Waals surface area contributed by atoms with Gasteiger partial charge in [0.15, 0.2) is 0 Å². The number of carbonyl (C=O) groups excluding carboxylic acids is 2. The number of aliphatic hydroxyl groups is 2. The zero-order valence-electron chi connectivity index (χ0n) is 21.1. The lowest BCUT2D eigenvalue weighted by atomic mass is 9.95. The Bertz CT molecular complexity index is 838. The highest BCUT2D eigenvalue weighted by atomic mass is 16.6. The van der Waals surface area contributed by atoms with Gasteiger partial charge in [0.2, 0.25) is 0 Å². The summed E-state index contributed by atoms with van der Waals surface area (Å²) in [5.41, 5.74) is 7.20. The number of aliphatic hydroxyl groups excluding tert-OH is 2. The molecule has 7 heteroatoms. The van der Waals surface area contributed by atoms with Crippen LogP contribution in [0.15, 0.2) is 72.4 Å². The molecule has 0 bridgehead atoms. The Balaban J connectivity index is 3.08. The van der Waals surface area contributed by atoms with Gasteiger partial charge >= 0.3 is 12.1 Å². The van der Waals surface area contributed by atoms with Crippen LogP contribution in [-0.4, -0.2) is 46.7 Å². The number of hydrogen-bond donors (Lipinski definition) is 3. The van der Waals surface area contributed by atoms with E-state index in [9.17, 15) is 19.8 Å². The van der Waals surface area contributed by atoms with Gasteiger partial charge in [-0.05, 0) is 46.0 Å². The van der Waals surface area contributed by atoms with Gasteiger partial charge < -0.3 is 25.4 Å². The first-order valence-corrected chi connectivity index (χ1v) is 12.1. The number of esters is 1. The first-order valence-electron chi connectivity index (χ1n) is 12.1. The zero-order chi connectivity index (χ0) is 26.2. The predicted octanol–water partition coefficient (Wildman–Crippen LogP) is 4.82. The van der Waals surface area contributed by atoms with Crippen LogP contribution in [0, 0.1) is 5.92 Å². The molecule has 0 spiro atoms. The molecule has 5 atom stereocenters. The van der Waals surface area contributed by atoms with E-state index in [1.165, 1.54) is 18.2 Å². The summed E-state index contributed by atoms with van der Waals surface area (Å²) in [6, 6.07) is 0. The van der Waals surface area contributed by atoms with E-state index in [-0.39, 0.29) is 12.0 Å². The summed E-state index contributed by atoms with van der Waals surface area (Å²) in [6.45, 7) is 9.73. The molecule has 0 aromatic rings. The van der Waals surface area contributed by atoms with Crippen molar-refractivity contribution in [2.45, 2.75) is 83.7 Å². The Labute approximate surface area is 209 Å². The van der Waals surface area contributed by atoms with Gasteiger partial charge in [0, 0.05) is 18.4 Å². The van der Waals surface area contributed by atoms with Crippen molar-refractivity contribution >= 4 is 12.1 Å². The minimum atomic E-state index is -1.09. The molecule has 194 valence electrons. The smallest absolute Gasteiger partial charge is 0.404 e. The Morgan fingerprint density at radius 3 is 2.69 bits per heavy atom. The van der Waals surface area contributed by atoms with Crippen molar-refractivity contribution < 1.29 is 29.3 Å². The molecule has 1 amide bonds. The van der Waals surface area contributed by atoms with Gasteiger partial charge in [-0.15, -0.1) is 0 Å². The number of primary amides is 1. The van der Waals surface area contributed by atoms with Crippen molar-refractivity contribution in [2.75, 3.05) is 0 Å². The predicted molar refractivity (Wildman–Crippen MR) is 138 cm³/mol. The van der Waals surface area contributed by atoms with Crippen LogP contribution in [0.25, 0.3) is 0 Å². The molecular weight excluding hydrogens is 446 g/mol. The highest BCUT2D eigenvalue weighted by Crippen LogP contribution is 2.20. The molecule has 0 saturated heterocycles. The standard InChI is InChI=1S/C28H41NO6/c1-5-20(2)18-22(4)26-19-21(3)12-8-6-10-14-25(35-28(29)33)24(31)17-16-23(30)13-9-7-11-15-27(32)34-26/h5-6,8,11-12,15-18,22-26,30-31H,1,7,9-10,13-14,19H2,2-4H3,(H2,29,33)/b8-6+,15-11+,17-16+,20-18+,21-12+. The van der Waals surface area contributed by atoms with Gasteiger partial charge in [-0.3, -0.25) is 0 Å². The number of allylic oxidation sites excluding steroid dienone is 6. The van der Waals surface area contributed by atoms with Crippen molar-refractivity contribution in [1.82, 2.24) is 0 Å². The Morgan fingerprint density at radius 2 is 2.00 bits per heavy atom. The number of hydrogen-bond acceptors (Lipinski definition) is 6. The molecule has 1 rings (SSSR count). The van der Waals surface area contributed by atoms with Gasteiger partial charge in [-0.2, -0.15) is 0 Å².